The van der Waals surface area contributed by atoms with Crippen molar-refractivity contribution >= 4 is 27.5 Å². The smallest absolute Gasteiger partial charge is 0.123 e. The zero-order chi connectivity index (χ0) is 15.4. The van der Waals surface area contributed by atoms with E-state index in [-0.39, 0.29) is 10.9 Å². The summed E-state index contributed by atoms with van der Waals surface area (Å²) in [7, 11) is 1.66. The Kier molecular flexibility index (Phi) is 5.54. The van der Waals surface area contributed by atoms with Crippen LogP contribution in [0.3, 0.4) is 0 Å². The van der Waals surface area contributed by atoms with Gasteiger partial charge in [0.25, 0.3) is 0 Å². The number of alkyl halides is 1. The largest absolute Gasteiger partial charge is 0.496 e. The molecular formula is C17H18BrClO2. The van der Waals surface area contributed by atoms with Gasteiger partial charge in [-0.25, -0.2) is 0 Å². The zero-order valence-electron chi connectivity index (χ0n) is 12.3. The normalized spacial score (nSPS) is 12.3. The Morgan fingerprint density at radius 1 is 1.10 bits per heavy atom. The van der Waals surface area contributed by atoms with Crippen LogP contribution in [0.1, 0.15) is 29.8 Å². The van der Waals surface area contributed by atoms with Crippen LogP contribution in [0.2, 0.25) is 5.02 Å². The molecule has 21 heavy (non-hydrogen) atoms. The van der Waals surface area contributed by atoms with E-state index in [4.69, 9.17) is 21.1 Å². The lowest BCUT2D eigenvalue weighted by atomic mass is 10.0. The van der Waals surface area contributed by atoms with Crippen LogP contribution in [0, 0.1) is 0 Å². The van der Waals surface area contributed by atoms with E-state index in [0.717, 1.165) is 22.6 Å². The third kappa shape index (κ3) is 4.14. The van der Waals surface area contributed by atoms with E-state index in [1.54, 1.807) is 7.11 Å². The van der Waals surface area contributed by atoms with Crippen molar-refractivity contribution < 1.29 is 9.47 Å². The van der Waals surface area contributed by atoms with Gasteiger partial charge in [0.15, 0.2) is 0 Å². The molecule has 0 N–H and O–H groups in total. The van der Waals surface area contributed by atoms with Gasteiger partial charge in [0.2, 0.25) is 0 Å². The molecule has 2 nitrogen and oxygen atoms in total. The van der Waals surface area contributed by atoms with E-state index >= 15 is 0 Å². The molecule has 0 aliphatic carbocycles. The van der Waals surface area contributed by atoms with E-state index in [1.165, 1.54) is 0 Å². The Balaban J connectivity index is 2.35. The first-order valence-electron chi connectivity index (χ1n) is 6.75. The number of rotatable bonds is 5. The molecule has 0 aliphatic heterocycles. The van der Waals surface area contributed by atoms with Gasteiger partial charge in [-0.3, -0.25) is 0 Å². The third-order valence-corrected chi connectivity index (χ3v) is 4.24. The minimum absolute atomic E-state index is 0.0122. The van der Waals surface area contributed by atoms with Crippen LogP contribution in [0.25, 0.3) is 0 Å². The van der Waals surface area contributed by atoms with Crippen LogP contribution in [0.15, 0.2) is 42.5 Å². The molecule has 0 amide bonds. The predicted molar refractivity (Wildman–Crippen MR) is 91.0 cm³/mol. The molecule has 4 heteroatoms. The fourth-order valence-electron chi connectivity index (χ4n) is 2.10. The van der Waals surface area contributed by atoms with Gasteiger partial charge in [-0.15, -0.1) is 0 Å². The highest BCUT2D eigenvalue weighted by molar-refractivity contribution is 9.09. The van der Waals surface area contributed by atoms with Crippen LogP contribution in [-0.2, 0) is 0 Å². The molecule has 112 valence electrons. The van der Waals surface area contributed by atoms with Crippen molar-refractivity contribution in [1.29, 1.82) is 0 Å². The SMILES string of the molecule is COc1ccc(Cl)cc1C(Br)c1cccc(OC(C)C)c1. The molecule has 1 unspecified atom stereocenters. The number of methoxy groups -OCH3 is 1. The van der Waals surface area contributed by atoms with Gasteiger partial charge in [-0.05, 0) is 49.7 Å². The average molecular weight is 370 g/mol. The maximum Gasteiger partial charge on any atom is 0.123 e. The topological polar surface area (TPSA) is 18.5 Å². The summed E-state index contributed by atoms with van der Waals surface area (Å²) in [5.41, 5.74) is 2.08. The second-order valence-electron chi connectivity index (χ2n) is 4.99. The highest BCUT2D eigenvalue weighted by atomic mass is 79.9. The minimum atomic E-state index is -0.0122. The molecule has 2 aromatic carbocycles. The number of hydrogen-bond acceptors (Lipinski definition) is 2. The molecule has 2 aromatic rings. The Labute approximate surface area is 139 Å². The predicted octanol–water partition coefficient (Wildman–Crippen LogP) is 5.62. The molecule has 0 aliphatic rings. The van der Waals surface area contributed by atoms with Gasteiger partial charge in [0.05, 0.1) is 18.0 Å². The molecule has 2 rings (SSSR count). The fourth-order valence-corrected chi connectivity index (χ4v) is 2.92. The number of benzene rings is 2. The van der Waals surface area contributed by atoms with Crippen molar-refractivity contribution in [3.05, 3.63) is 58.6 Å². The highest BCUT2D eigenvalue weighted by Gasteiger charge is 2.16. The van der Waals surface area contributed by atoms with E-state index in [0.29, 0.717) is 5.02 Å². The Morgan fingerprint density at radius 3 is 2.52 bits per heavy atom. The number of ether oxygens (including phenoxy) is 2. The van der Waals surface area contributed by atoms with Crippen LogP contribution in [0.4, 0.5) is 0 Å². The second kappa shape index (κ2) is 7.19. The Morgan fingerprint density at radius 2 is 1.86 bits per heavy atom. The summed E-state index contributed by atoms with van der Waals surface area (Å²) in [4.78, 5) is -0.0122. The van der Waals surface area contributed by atoms with Crippen molar-refractivity contribution in [3.63, 3.8) is 0 Å². The lowest BCUT2D eigenvalue weighted by Crippen LogP contribution is -2.06. The zero-order valence-corrected chi connectivity index (χ0v) is 14.6. The van der Waals surface area contributed by atoms with Gasteiger partial charge in [-0.1, -0.05) is 39.7 Å². The summed E-state index contributed by atoms with van der Waals surface area (Å²) >= 11 is 9.83. The molecule has 0 heterocycles. The van der Waals surface area contributed by atoms with Gasteiger partial charge in [0.1, 0.15) is 11.5 Å². The molecule has 0 saturated heterocycles. The lowest BCUT2D eigenvalue weighted by Gasteiger charge is -2.17. The molecular weight excluding hydrogens is 352 g/mol. The van der Waals surface area contributed by atoms with Crippen LogP contribution in [0.5, 0.6) is 11.5 Å². The molecule has 1 atom stereocenters. The van der Waals surface area contributed by atoms with Crippen LogP contribution >= 0.6 is 27.5 Å². The molecule has 0 radical (unpaired) electrons. The maximum absolute atomic E-state index is 6.10. The monoisotopic (exact) mass is 368 g/mol. The molecule has 0 bridgehead atoms. The molecule has 0 aromatic heterocycles. The van der Waals surface area contributed by atoms with E-state index in [2.05, 4.69) is 15.9 Å². The Hall–Kier alpha value is -1.19. The standard InChI is InChI=1S/C17H18BrClO2/c1-11(2)21-14-6-4-5-12(9-14)17(18)15-10-13(19)7-8-16(15)20-3/h4-11,17H,1-3H3. The first-order chi connectivity index (χ1) is 10.0. The fraction of sp³-hybridized carbons (Fsp3) is 0.294. The number of halogens is 2. The molecule has 0 spiro atoms. The van der Waals surface area contributed by atoms with Crippen molar-refractivity contribution in [3.8, 4) is 11.5 Å². The van der Waals surface area contributed by atoms with E-state index in [9.17, 15) is 0 Å². The van der Waals surface area contributed by atoms with E-state index < -0.39 is 0 Å². The molecule has 0 fully saturated rings. The quantitative estimate of drug-likeness (QED) is 0.637. The summed E-state index contributed by atoms with van der Waals surface area (Å²) in [5.74, 6) is 1.66. The first-order valence-corrected chi connectivity index (χ1v) is 8.04. The summed E-state index contributed by atoms with van der Waals surface area (Å²) in [6.07, 6.45) is 0.148. The summed E-state index contributed by atoms with van der Waals surface area (Å²) < 4.78 is 11.2. The first kappa shape index (κ1) is 16.2. The van der Waals surface area contributed by atoms with Gasteiger partial charge < -0.3 is 9.47 Å². The van der Waals surface area contributed by atoms with Gasteiger partial charge in [-0.2, -0.15) is 0 Å². The third-order valence-electron chi connectivity index (χ3n) is 2.99. The summed E-state index contributed by atoms with van der Waals surface area (Å²) in [6, 6.07) is 13.6. The van der Waals surface area contributed by atoms with Gasteiger partial charge >= 0.3 is 0 Å². The lowest BCUT2D eigenvalue weighted by molar-refractivity contribution is 0.242. The summed E-state index contributed by atoms with van der Waals surface area (Å²) in [5, 5.41) is 0.685. The highest BCUT2D eigenvalue weighted by Crippen LogP contribution is 2.38. The number of hydrogen-bond donors (Lipinski definition) is 0. The van der Waals surface area contributed by atoms with Crippen molar-refractivity contribution in [1.82, 2.24) is 0 Å². The van der Waals surface area contributed by atoms with Crippen LogP contribution < -0.4 is 9.47 Å². The Bertz CT molecular complexity index is 613. The van der Waals surface area contributed by atoms with Crippen molar-refractivity contribution in [2.75, 3.05) is 7.11 Å². The summed E-state index contributed by atoms with van der Waals surface area (Å²) in [6.45, 7) is 4.02. The maximum atomic E-state index is 6.10. The second-order valence-corrected chi connectivity index (χ2v) is 6.34. The average Bonchev–Trinajstić information content (AvgIpc) is 2.46. The van der Waals surface area contributed by atoms with Crippen molar-refractivity contribution in [2.45, 2.75) is 24.8 Å². The van der Waals surface area contributed by atoms with Gasteiger partial charge in [0, 0.05) is 10.6 Å². The van der Waals surface area contributed by atoms with Crippen LogP contribution in [-0.4, -0.2) is 13.2 Å². The van der Waals surface area contributed by atoms with Crippen molar-refractivity contribution in [2.24, 2.45) is 0 Å². The minimum Gasteiger partial charge on any atom is -0.496 e. The molecule has 0 saturated carbocycles. The van der Waals surface area contributed by atoms with E-state index in [1.807, 2.05) is 56.3 Å².